The maximum Gasteiger partial charge on any atom is 0.270 e. The average molecular weight is 602 g/mol. The van der Waals surface area contributed by atoms with Gasteiger partial charge in [0.25, 0.3) is 11.6 Å². The minimum atomic E-state index is -0.446. The van der Waals surface area contributed by atoms with Gasteiger partial charge in [-0.2, -0.15) is 0 Å². The van der Waals surface area contributed by atoms with Gasteiger partial charge < -0.3 is 14.2 Å². The van der Waals surface area contributed by atoms with Gasteiger partial charge in [0, 0.05) is 12.1 Å². The topological polar surface area (TPSA) is 91.1 Å². The normalized spacial score (nSPS) is 14.2. The third kappa shape index (κ3) is 6.12. The zero-order valence-electron chi connectivity index (χ0n) is 19.8. The fourth-order valence-electron chi connectivity index (χ4n) is 3.52. The first-order valence-corrected chi connectivity index (χ1v) is 13.1. The average Bonchev–Trinajstić information content (AvgIpc) is 3.16. The molecule has 1 heterocycles. The molecule has 0 spiro atoms. The van der Waals surface area contributed by atoms with Crippen molar-refractivity contribution in [1.29, 1.82) is 0 Å². The van der Waals surface area contributed by atoms with E-state index in [2.05, 4.69) is 15.9 Å². The van der Waals surface area contributed by atoms with Crippen LogP contribution in [0, 0.1) is 10.1 Å². The standard InChI is InChI=1S/C26H21BrN2O6S2/c1-3-34-22-13-17(12-21(27)24(22)35-15-16-4-6-19(7-5-16)29(31)32)14-23-25(30)28(26(36)37-23)18-8-10-20(33-2)11-9-18/h4-14H,3,15H2,1-2H3/b23-14-. The first kappa shape index (κ1) is 26.6. The number of hydrogen-bond acceptors (Lipinski definition) is 8. The van der Waals surface area contributed by atoms with E-state index in [1.807, 2.05) is 13.0 Å². The van der Waals surface area contributed by atoms with Gasteiger partial charge in [0.05, 0.1) is 33.7 Å². The van der Waals surface area contributed by atoms with Gasteiger partial charge in [0.2, 0.25) is 0 Å². The van der Waals surface area contributed by atoms with E-state index in [4.69, 9.17) is 26.4 Å². The summed E-state index contributed by atoms with van der Waals surface area (Å²) in [6, 6.07) is 16.9. The summed E-state index contributed by atoms with van der Waals surface area (Å²) in [7, 11) is 1.58. The molecule has 3 aromatic carbocycles. The van der Waals surface area contributed by atoms with Crippen LogP contribution in [0.25, 0.3) is 6.08 Å². The Labute approximate surface area is 231 Å². The summed E-state index contributed by atoms with van der Waals surface area (Å²) in [6.07, 6.45) is 1.76. The van der Waals surface area contributed by atoms with E-state index in [9.17, 15) is 14.9 Å². The molecule has 0 saturated carbocycles. The number of rotatable bonds is 9. The predicted molar refractivity (Wildman–Crippen MR) is 151 cm³/mol. The molecule has 0 atom stereocenters. The Bertz CT molecular complexity index is 1380. The Hall–Kier alpha value is -3.41. The molecule has 1 aliphatic rings. The molecular formula is C26H21BrN2O6S2. The fourth-order valence-corrected chi connectivity index (χ4v) is 5.39. The number of thioether (sulfide) groups is 1. The van der Waals surface area contributed by atoms with Crippen LogP contribution in [0.4, 0.5) is 11.4 Å². The van der Waals surface area contributed by atoms with Gasteiger partial charge >= 0.3 is 0 Å². The van der Waals surface area contributed by atoms with Gasteiger partial charge in [0.1, 0.15) is 12.4 Å². The number of carbonyl (C=O) groups excluding carboxylic acids is 1. The second-order valence-electron chi connectivity index (χ2n) is 7.69. The van der Waals surface area contributed by atoms with Crippen molar-refractivity contribution in [2.24, 2.45) is 0 Å². The van der Waals surface area contributed by atoms with Gasteiger partial charge in [-0.1, -0.05) is 24.0 Å². The maximum absolute atomic E-state index is 13.2. The fraction of sp³-hybridized carbons (Fsp3) is 0.154. The molecule has 190 valence electrons. The number of non-ortho nitro benzene ring substituents is 1. The van der Waals surface area contributed by atoms with Crippen molar-refractivity contribution >= 4 is 67.6 Å². The van der Waals surface area contributed by atoms with E-state index < -0.39 is 4.92 Å². The minimum Gasteiger partial charge on any atom is -0.497 e. The lowest BCUT2D eigenvalue weighted by Gasteiger charge is -2.15. The van der Waals surface area contributed by atoms with Crippen LogP contribution in [0.15, 0.2) is 70.0 Å². The van der Waals surface area contributed by atoms with Crippen LogP contribution >= 0.6 is 39.9 Å². The highest BCUT2D eigenvalue weighted by Crippen LogP contribution is 2.41. The van der Waals surface area contributed by atoms with Crippen LogP contribution in [0.2, 0.25) is 0 Å². The second-order valence-corrected chi connectivity index (χ2v) is 10.2. The minimum absolute atomic E-state index is 0.0155. The number of anilines is 1. The molecule has 1 saturated heterocycles. The van der Waals surface area contributed by atoms with Crippen molar-refractivity contribution in [2.75, 3.05) is 18.6 Å². The Kier molecular flexibility index (Phi) is 8.47. The molecule has 0 aliphatic carbocycles. The molecule has 0 unspecified atom stereocenters. The van der Waals surface area contributed by atoms with Crippen LogP contribution in [0.5, 0.6) is 17.2 Å². The zero-order chi connectivity index (χ0) is 26.5. The van der Waals surface area contributed by atoms with E-state index in [0.717, 1.165) is 11.1 Å². The molecule has 0 N–H and O–H groups in total. The number of carbonyl (C=O) groups is 1. The molecule has 0 bridgehead atoms. The molecule has 3 aromatic rings. The van der Waals surface area contributed by atoms with Gasteiger partial charge in [-0.25, -0.2) is 0 Å². The van der Waals surface area contributed by atoms with Crippen molar-refractivity contribution in [3.05, 3.63) is 91.3 Å². The Morgan fingerprint density at radius 2 is 1.81 bits per heavy atom. The highest BCUT2D eigenvalue weighted by atomic mass is 79.9. The lowest BCUT2D eigenvalue weighted by Crippen LogP contribution is -2.27. The van der Waals surface area contributed by atoms with Gasteiger partial charge in [-0.3, -0.25) is 19.8 Å². The van der Waals surface area contributed by atoms with E-state index in [-0.39, 0.29) is 18.2 Å². The van der Waals surface area contributed by atoms with Gasteiger partial charge in [0.15, 0.2) is 15.8 Å². The van der Waals surface area contributed by atoms with Crippen LogP contribution in [-0.2, 0) is 11.4 Å². The Balaban J connectivity index is 1.56. The number of benzene rings is 3. The van der Waals surface area contributed by atoms with E-state index >= 15 is 0 Å². The number of nitrogens with zero attached hydrogens (tertiary/aromatic N) is 2. The maximum atomic E-state index is 13.2. The molecular weight excluding hydrogens is 580 g/mol. The van der Waals surface area contributed by atoms with Crippen LogP contribution in [0.1, 0.15) is 18.1 Å². The van der Waals surface area contributed by atoms with Crippen molar-refractivity contribution < 1.29 is 23.9 Å². The van der Waals surface area contributed by atoms with E-state index in [1.165, 1.54) is 28.8 Å². The van der Waals surface area contributed by atoms with Crippen molar-refractivity contribution in [3.63, 3.8) is 0 Å². The Morgan fingerprint density at radius 3 is 2.43 bits per heavy atom. The van der Waals surface area contributed by atoms with Gasteiger partial charge in [-0.15, -0.1) is 0 Å². The molecule has 4 rings (SSSR count). The molecule has 37 heavy (non-hydrogen) atoms. The lowest BCUT2D eigenvalue weighted by molar-refractivity contribution is -0.384. The number of nitro groups is 1. The molecule has 8 nitrogen and oxygen atoms in total. The predicted octanol–water partition coefficient (Wildman–Crippen LogP) is 6.75. The molecule has 1 fully saturated rings. The lowest BCUT2D eigenvalue weighted by atomic mass is 10.1. The molecule has 1 amide bonds. The Morgan fingerprint density at radius 1 is 1.11 bits per heavy atom. The second kappa shape index (κ2) is 11.8. The molecule has 1 aliphatic heterocycles. The van der Waals surface area contributed by atoms with Crippen molar-refractivity contribution in [3.8, 4) is 17.2 Å². The SMILES string of the molecule is CCOc1cc(/C=C2\SC(=S)N(c3ccc(OC)cc3)C2=O)cc(Br)c1OCc1ccc([N+](=O)[O-])cc1. The van der Waals surface area contributed by atoms with Crippen molar-refractivity contribution in [2.45, 2.75) is 13.5 Å². The number of ether oxygens (including phenoxy) is 3. The largest absolute Gasteiger partial charge is 0.497 e. The number of hydrogen-bond donors (Lipinski definition) is 0. The van der Waals surface area contributed by atoms with Crippen LogP contribution in [0.3, 0.4) is 0 Å². The monoisotopic (exact) mass is 600 g/mol. The zero-order valence-corrected chi connectivity index (χ0v) is 23.0. The summed E-state index contributed by atoms with van der Waals surface area (Å²) in [5, 5.41) is 10.9. The number of halogens is 1. The summed E-state index contributed by atoms with van der Waals surface area (Å²) >= 11 is 10.2. The van der Waals surface area contributed by atoms with Gasteiger partial charge in [-0.05, 0) is 88.6 Å². The molecule has 11 heteroatoms. The first-order chi connectivity index (χ1) is 17.8. The number of amides is 1. The summed E-state index contributed by atoms with van der Waals surface area (Å²) in [5.74, 6) is 1.46. The van der Waals surface area contributed by atoms with E-state index in [1.54, 1.807) is 55.7 Å². The first-order valence-electron chi connectivity index (χ1n) is 11.0. The number of nitro benzene ring substituents is 1. The highest BCUT2D eigenvalue weighted by molar-refractivity contribution is 9.10. The van der Waals surface area contributed by atoms with Crippen LogP contribution < -0.4 is 19.1 Å². The van der Waals surface area contributed by atoms with Crippen molar-refractivity contribution in [1.82, 2.24) is 0 Å². The highest BCUT2D eigenvalue weighted by Gasteiger charge is 2.33. The van der Waals surface area contributed by atoms with Crippen LogP contribution in [-0.4, -0.2) is 28.9 Å². The summed E-state index contributed by atoms with van der Waals surface area (Å²) in [6.45, 7) is 2.46. The smallest absolute Gasteiger partial charge is 0.270 e. The molecule has 0 radical (unpaired) electrons. The molecule has 0 aromatic heterocycles. The summed E-state index contributed by atoms with van der Waals surface area (Å²) in [5.41, 5.74) is 2.18. The quantitative estimate of drug-likeness (QED) is 0.115. The summed E-state index contributed by atoms with van der Waals surface area (Å²) in [4.78, 5) is 25.6. The summed E-state index contributed by atoms with van der Waals surface area (Å²) < 4.78 is 18.1. The number of thiocarbonyl (C=S) groups is 1. The third-order valence-corrected chi connectivity index (χ3v) is 7.18. The third-order valence-electron chi connectivity index (χ3n) is 5.28. The number of methoxy groups -OCH3 is 1. The van der Waals surface area contributed by atoms with E-state index in [0.29, 0.717) is 43.2 Å².